The summed E-state index contributed by atoms with van der Waals surface area (Å²) in [5, 5.41) is 3.30. The number of likely N-dealkylation sites (N-methyl/N-ethyl adjacent to an activating group) is 2. The number of hydrogen-bond donors (Lipinski definition) is 2. The maximum absolute atomic E-state index is 14.0. The molecule has 0 atom stereocenters. The second-order valence-corrected chi connectivity index (χ2v) is 10.6. The summed E-state index contributed by atoms with van der Waals surface area (Å²) >= 11 is 6.34. The molecule has 42 heavy (non-hydrogen) atoms. The molecule has 0 saturated carbocycles. The summed E-state index contributed by atoms with van der Waals surface area (Å²) in [6.45, 7) is 4.33. The van der Waals surface area contributed by atoms with Gasteiger partial charge in [-0.3, -0.25) is 9.69 Å². The summed E-state index contributed by atoms with van der Waals surface area (Å²) < 4.78 is 47.6. The molecule has 0 unspecified atom stereocenters. The number of alkyl halides is 3. The molecule has 0 radical (unpaired) electrons. The van der Waals surface area contributed by atoms with Gasteiger partial charge >= 0.3 is 6.18 Å². The minimum absolute atomic E-state index is 0.199. The van der Waals surface area contributed by atoms with Crippen LogP contribution in [0.1, 0.15) is 38.2 Å². The summed E-state index contributed by atoms with van der Waals surface area (Å²) in [5.74, 6) is 6.21. The number of nitrogens with one attached hydrogen (secondary N) is 1. The average Bonchev–Trinajstić information content (AvgIpc) is 2.95. The number of pyridine rings is 1. The van der Waals surface area contributed by atoms with Gasteiger partial charge in [0, 0.05) is 62.9 Å². The highest BCUT2D eigenvalue weighted by molar-refractivity contribution is 6.31. The number of carbonyl (C=O) groups excluding carboxylic acids is 1. The lowest BCUT2D eigenvalue weighted by molar-refractivity contribution is -0.138. The fourth-order valence-electron chi connectivity index (χ4n) is 4.51. The number of hydrogen-bond acceptors (Lipinski definition) is 7. The molecule has 1 aliphatic heterocycles. The highest BCUT2D eigenvalue weighted by atomic mass is 35.5. The fraction of sp³-hybridized carbons (Fsp3) is 0.355. The number of nitrogens with two attached hydrogens (primary N) is 1. The molecule has 7 nitrogen and oxygen atoms in total. The number of benzene rings is 2. The van der Waals surface area contributed by atoms with Crippen LogP contribution >= 0.6 is 11.6 Å². The fourth-order valence-corrected chi connectivity index (χ4v) is 4.67. The summed E-state index contributed by atoms with van der Waals surface area (Å²) in [6.07, 6.45) is -3.23. The molecule has 0 bridgehead atoms. The number of nitrogens with zero attached hydrogens (tertiary/aromatic N) is 3. The molecule has 1 fully saturated rings. The third kappa shape index (κ3) is 8.46. The van der Waals surface area contributed by atoms with Crippen molar-refractivity contribution in [2.24, 2.45) is 0 Å². The Morgan fingerprint density at radius 2 is 1.83 bits per heavy atom. The van der Waals surface area contributed by atoms with E-state index < -0.39 is 11.7 Å². The summed E-state index contributed by atoms with van der Waals surface area (Å²) in [4.78, 5) is 21.4. The van der Waals surface area contributed by atoms with E-state index in [1.807, 2.05) is 19.0 Å². The van der Waals surface area contributed by atoms with E-state index in [0.717, 1.165) is 19.2 Å². The van der Waals surface area contributed by atoms with Crippen molar-refractivity contribution in [3.05, 3.63) is 87.1 Å². The lowest BCUT2D eigenvalue weighted by Crippen LogP contribution is -2.44. The zero-order chi connectivity index (χ0) is 30.3. The largest absolute Gasteiger partial charge is 0.491 e. The Morgan fingerprint density at radius 3 is 2.55 bits per heavy atom. The van der Waals surface area contributed by atoms with Gasteiger partial charge in [0.05, 0.1) is 22.3 Å². The van der Waals surface area contributed by atoms with Gasteiger partial charge in [-0.1, -0.05) is 35.6 Å². The number of anilines is 1. The van der Waals surface area contributed by atoms with Crippen LogP contribution in [0.5, 0.6) is 5.75 Å². The van der Waals surface area contributed by atoms with Crippen molar-refractivity contribution in [1.29, 1.82) is 0 Å². The number of piperazine rings is 1. The zero-order valence-corrected chi connectivity index (χ0v) is 24.3. The number of ketones is 1. The van der Waals surface area contributed by atoms with E-state index in [1.165, 1.54) is 30.5 Å². The van der Waals surface area contributed by atoms with Crippen molar-refractivity contribution in [2.75, 3.05) is 59.2 Å². The molecule has 3 aromatic rings. The number of carbonyl (C=O) groups is 1. The van der Waals surface area contributed by atoms with Gasteiger partial charge in [0.2, 0.25) is 0 Å². The smallest absolute Gasteiger partial charge is 0.416 e. The van der Waals surface area contributed by atoms with E-state index >= 15 is 0 Å². The van der Waals surface area contributed by atoms with Gasteiger partial charge in [-0.25, -0.2) is 4.98 Å². The van der Waals surface area contributed by atoms with Crippen molar-refractivity contribution in [3.8, 4) is 17.6 Å². The predicted molar refractivity (Wildman–Crippen MR) is 158 cm³/mol. The SMILES string of the molecule is CNCCOc1cnc(N)c(C#Cc2cc(C(=O)Cc3ccc(CN4CCN(C)CC4)c(C(F)(F)F)c3)ccc2Cl)c1. The first-order valence-electron chi connectivity index (χ1n) is 13.5. The number of nitrogen functional groups attached to an aromatic ring is 1. The molecule has 2 aromatic carbocycles. The molecule has 0 spiro atoms. The van der Waals surface area contributed by atoms with Gasteiger partial charge in [0.25, 0.3) is 0 Å². The number of aromatic nitrogens is 1. The topological polar surface area (TPSA) is 83.7 Å². The first-order chi connectivity index (χ1) is 20.0. The molecule has 1 aromatic heterocycles. The van der Waals surface area contributed by atoms with Crippen molar-refractivity contribution in [1.82, 2.24) is 20.1 Å². The van der Waals surface area contributed by atoms with Gasteiger partial charge in [0.15, 0.2) is 5.78 Å². The molecule has 2 heterocycles. The Kier molecular flexibility index (Phi) is 10.5. The number of ether oxygens (including phenoxy) is 1. The predicted octanol–water partition coefficient (Wildman–Crippen LogP) is 4.51. The summed E-state index contributed by atoms with van der Waals surface area (Å²) in [5.41, 5.74) is 6.84. The molecular formula is C31H33ClF3N5O2. The number of Topliss-reactive ketones (excluding diaryl/α,β-unsaturated/α-hetero) is 1. The van der Waals surface area contributed by atoms with Crippen LogP contribution in [0.3, 0.4) is 0 Å². The molecule has 4 rings (SSSR count). The van der Waals surface area contributed by atoms with Crippen LogP contribution in [0.2, 0.25) is 5.02 Å². The summed E-state index contributed by atoms with van der Waals surface area (Å²) in [7, 11) is 3.81. The van der Waals surface area contributed by atoms with Gasteiger partial charge in [0.1, 0.15) is 18.2 Å². The van der Waals surface area contributed by atoms with Crippen LogP contribution in [0.4, 0.5) is 19.0 Å². The lowest BCUT2D eigenvalue weighted by Gasteiger charge is -2.33. The Hall–Kier alpha value is -3.62. The zero-order valence-electron chi connectivity index (χ0n) is 23.5. The third-order valence-electron chi connectivity index (χ3n) is 6.97. The van der Waals surface area contributed by atoms with E-state index in [9.17, 15) is 18.0 Å². The standard InChI is InChI=1S/C31H33ClF3N5O2/c1-37-9-14-42-26-18-24(30(36)38-19-26)6-5-22-17-23(7-8-28(22)32)29(41)16-21-3-4-25(27(15-21)31(33,34)35)20-40-12-10-39(2)11-13-40/h3-4,7-8,15,17-19,37H,9-14,16,20H2,1-2H3,(H2,36,38). The van der Waals surface area contributed by atoms with Gasteiger partial charge in [-0.15, -0.1) is 0 Å². The van der Waals surface area contributed by atoms with Crippen LogP contribution in [0.25, 0.3) is 0 Å². The molecule has 3 N–H and O–H groups in total. The minimum atomic E-state index is -4.53. The molecule has 0 amide bonds. The molecule has 1 saturated heterocycles. The van der Waals surface area contributed by atoms with E-state index in [2.05, 4.69) is 27.0 Å². The Bertz CT molecular complexity index is 1480. The molecule has 11 heteroatoms. The van der Waals surface area contributed by atoms with E-state index in [4.69, 9.17) is 22.1 Å². The highest BCUT2D eigenvalue weighted by Gasteiger charge is 2.34. The van der Waals surface area contributed by atoms with E-state index in [-0.39, 0.29) is 41.3 Å². The molecule has 1 aliphatic rings. The van der Waals surface area contributed by atoms with Gasteiger partial charge in [-0.2, -0.15) is 13.2 Å². The van der Waals surface area contributed by atoms with Crippen molar-refractivity contribution >= 4 is 23.2 Å². The third-order valence-corrected chi connectivity index (χ3v) is 7.30. The minimum Gasteiger partial charge on any atom is -0.491 e. The number of halogens is 4. The van der Waals surface area contributed by atoms with E-state index in [1.54, 1.807) is 12.1 Å². The van der Waals surface area contributed by atoms with Crippen molar-refractivity contribution in [3.63, 3.8) is 0 Å². The first kappa shape index (κ1) is 31.3. The van der Waals surface area contributed by atoms with Crippen molar-refractivity contribution < 1.29 is 22.7 Å². The van der Waals surface area contributed by atoms with Crippen LogP contribution in [-0.2, 0) is 19.1 Å². The molecular weight excluding hydrogens is 567 g/mol. The second kappa shape index (κ2) is 14.0. The Balaban J connectivity index is 1.51. The van der Waals surface area contributed by atoms with Gasteiger partial charge in [-0.05, 0) is 49.5 Å². The van der Waals surface area contributed by atoms with Crippen LogP contribution in [-0.4, -0.2) is 74.0 Å². The Morgan fingerprint density at radius 1 is 1.10 bits per heavy atom. The normalized spacial score (nSPS) is 14.3. The van der Waals surface area contributed by atoms with E-state index in [0.29, 0.717) is 48.1 Å². The van der Waals surface area contributed by atoms with Crippen LogP contribution in [0.15, 0.2) is 48.7 Å². The first-order valence-corrected chi connectivity index (χ1v) is 13.9. The van der Waals surface area contributed by atoms with Crippen LogP contribution in [0, 0.1) is 11.8 Å². The maximum Gasteiger partial charge on any atom is 0.416 e. The Labute approximate surface area is 248 Å². The molecule has 222 valence electrons. The lowest BCUT2D eigenvalue weighted by atomic mass is 9.97. The van der Waals surface area contributed by atoms with Crippen LogP contribution < -0.4 is 15.8 Å². The second-order valence-electron chi connectivity index (χ2n) is 10.2. The van der Waals surface area contributed by atoms with Crippen molar-refractivity contribution in [2.45, 2.75) is 19.1 Å². The average molecular weight is 600 g/mol. The molecule has 0 aliphatic carbocycles. The number of rotatable bonds is 9. The monoisotopic (exact) mass is 599 g/mol. The van der Waals surface area contributed by atoms with Gasteiger partial charge < -0.3 is 20.7 Å². The quantitative estimate of drug-likeness (QED) is 0.213. The maximum atomic E-state index is 14.0. The highest BCUT2D eigenvalue weighted by Crippen LogP contribution is 2.34. The summed E-state index contributed by atoms with van der Waals surface area (Å²) in [6, 6.07) is 10.4.